The van der Waals surface area contributed by atoms with E-state index in [2.05, 4.69) is 0 Å². The number of benzene rings is 1. The van der Waals surface area contributed by atoms with Crippen molar-refractivity contribution >= 4 is 29.5 Å². The number of carbonyl (C=O) groups is 3. The second-order valence-electron chi connectivity index (χ2n) is 4.84. The Morgan fingerprint density at radius 1 is 1.29 bits per heavy atom. The van der Waals surface area contributed by atoms with Crippen LogP contribution < -0.4 is 0 Å². The summed E-state index contributed by atoms with van der Waals surface area (Å²) in [6.45, 7) is 2.73. The minimum absolute atomic E-state index is 0.0620. The maximum atomic E-state index is 12.4. The SMILES string of the molecule is CC(=O)OC[C@@H]1C[C@@H](Sc2ccccc2)C(=O)N1C(C)=O. The van der Waals surface area contributed by atoms with E-state index >= 15 is 0 Å². The lowest BCUT2D eigenvalue weighted by molar-refractivity contribution is -0.149. The summed E-state index contributed by atoms with van der Waals surface area (Å²) in [5.41, 5.74) is 0. The van der Waals surface area contributed by atoms with Crippen LogP contribution in [0.3, 0.4) is 0 Å². The van der Waals surface area contributed by atoms with Crippen LogP contribution in [0, 0.1) is 0 Å². The van der Waals surface area contributed by atoms with E-state index in [9.17, 15) is 14.4 Å². The van der Waals surface area contributed by atoms with Crippen LogP contribution in [-0.2, 0) is 19.1 Å². The van der Waals surface area contributed by atoms with Crippen LogP contribution >= 0.6 is 11.8 Å². The highest BCUT2D eigenvalue weighted by Crippen LogP contribution is 2.34. The van der Waals surface area contributed by atoms with Crippen LogP contribution in [0.5, 0.6) is 0 Å². The van der Waals surface area contributed by atoms with Crippen LogP contribution in [0.15, 0.2) is 35.2 Å². The normalized spacial score (nSPS) is 21.4. The fourth-order valence-electron chi connectivity index (χ4n) is 2.32. The molecule has 112 valence electrons. The Hall–Kier alpha value is -1.82. The van der Waals surface area contributed by atoms with Gasteiger partial charge in [-0.05, 0) is 18.6 Å². The van der Waals surface area contributed by atoms with E-state index in [1.54, 1.807) is 0 Å². The molecule has 0 radical (unpaired) electrons. The van der Waals surface area contributed by atoms with E-state index in [1.165, 1.54) is 30.5 Å². The van der Waals surface area contributed by atoms with Gasteiger partial charge in [0.1, 0.15) is 6.61 Å². The predicted molar refractivity (Wildman–Crippen MR) is 78.7 cm³/mol. The number of rotatable bonds is 4. The molecule has 2 rings (SSSR count). The van der Waals surface area contributed by atoms with Crippen molar-refractivity contribution in [3.8, 4) is 0 Å². The lowest BCUT2D eigenvalue weighted by Crippen LogP contribution is -2.40. The fraction of sp³-hybridized carbons (Fsp3) is 0.400. The van der Waals surface area contributed by atoms with Crippen molar-refractivity contribution in [2.45, 2.75) is 36.5 Å². The Bertz CT molecular complexity index is 546. The van der Waals surface area contributed by atoms with Gasteiger partial charge in [0.25, 0.3) is 0 Å². The summed E-state index contributed by atoms with van der Waals surface area (Å²) in [6, 6.07) is 9.19. The summed E-state index contributed by atoms with van der Waals surface area (Å²) < 4.78 is 4.96. The molecule has 1 aliphatic heterocycles. The van der Waals surface area contributed by atoms with Gasteiger partial charge in [-0.2, -0.15) is 0 Å². The van der Waals surface area contributed by atoms with Crippen LogP contribution in [0.2, 0.25) is 0 Å². The first-order valence-electron chi connectivity index (χ1n) is 6.67. The third kappa shape index (κ3) is 3.85. The van der Waals surface area contributed by atoms with Crippen LogP contribution in [0.4, 0.5) is 0 Å². The van der Waals surface area contributed by atoms with Crippen molar-refractivity contribution in [2.24, 2.45) is 0 Å². The van der Waals surface area contributed by atoms with Gasteiger partial charge in [0.15, 0.2) is 0 Å². The zero-order valence-electron chi connectivity index (χ0n) is 11.9. The number of hydrogen-bond acceptors (Lipinski definition) is 5. The van der Waals surface area contributed by atoms with E-state index in [1.807, 2.05) is 30.3 Å². The van der Waals surface area contributed by atoms with Gasteiger partial charge in [0, 0.05) is 18.7 Å². The Labute approximate surface area is 127 Å². The largest absolute Gasteiger partial charge is 0.464 e. The van der Waals surface area contributed by atoms with Gasteiger partial charge in [-0.25, -0.2) is 0 Å². The lowest BCUT2D eigenvalue weighted by Gasteiger charge is -2.20. The molecule has 1 aromatic rings. The van der Waals surface area contributed by atoms with Gasteiger partial charge in [-0.1, -0.05) is 18.2 Å². The first-order chi connectivity index (χ1) is 9.99. The standard InChI is InChI=1S/C15H17NO4S/c1-10(17)16-12(9-20-11(2)18)8-14(15(16)19)21-13-6-4-3-5-7-13/h3-7,12,14H,8-9H2,1-2H3/t12-,14+/m0/s1. The Morgan fingerprint density at radius 3 is 2.52 bits per heavy atom. The number of imide groups is 1. The Balaban J connectivity index is 2.08. The third-order valence-electron chi connectivity index (χ3n) is 3.20. The maximum absolute atomic E-state index is 12.4. The second-order valence-corrected chi connectivity index (χ2v) is 6.12. The van der Waals surface area contributed by atoms with Gasteiger partial charge in [0.05, 0.1) is 11.3 Å². The van der Waals surface area contributed by atoms with Crippen LogP contribution in [0.1, 0.15) is 20.3 Å². The monoisotopic (exact) mass is 307 g/mol. The van der Waals surface area contributed by atoms with Gasteiger partial charge >= 0.3 is 5.97 Å². The number of esters is 1. The highest BCUT2D eigenvalue weighted by atomic mass is 32.2. The lowest BCUT2D eigenvalue weighted by atomic mass is 10.2. The Morgan fingerprint density at radius 2 is 1.95 bits per heavy atom. The van der Waals surface area contributed by atoms with Crippen molar-refractivity contribution in [1.82, 2.24) is 4.90 Å². The van der Waals surface area contributed by atoms with E-state index in [0.717, 1.165) is 4.90 Å². The van der Waals surface area contributed by atoms with Crippen molar-refractivity contribution in [2.75, 3.05) is 6.61 Å². The number of likely N-dealkylation sites (tertiary alicyclic amines) is 1. The van der Waals surface area contributed by atoms with Crippen molar-refractivity contribution in [3.63, 3.8) is 0 Å². The molecule has 0 N–H and O–H groups in total. The molecular weight excluding hydrogens is 290 g/mol. The van der Waals surface area contributed by atoms with Crippen molar-refractivity contribution in [3.05, 3.63) is 30.3 Å². The van der Waals surface area contributed by atoms with E-state index < -0.39 is 5.97 Å². The number of nitrogens with zero attached hydrogens (tertiary/aromatic N) is 1. The van der Waals surface area contributed by atoms with Crippen molar-refractivity contribution in [1.29, 1.82) is 0 Å². The minimum atomic E-state index is -0.412. The predicted octanol–water partition coefficient (Wildman–Crippen LogP) is 1.86. The Kier molecular flexibility index (Phi) is 5.01. The van der Waals surface area contributed by atoms with E-state index in [0.29, 0.717) is 6.42 Å². The van der Waals surface area contributed by atoms with Crippen molar-refractivity contribution < 1.29 is 19.1 Å². The molecule has 21 heavy (non-hydrogen) atoms. The molecule has 1 saturated heterocycles. The van der Waals surface area contributed by atoms with E-state index in [-0.39, 0.29) is 29.7 Å². The molecule has 5 nitrogen and oxygen atoms in total. The molecular formula is C15H17NO4S. The molecule has 1 aromatic carbocycles. The van der Waals surface area contributed by atoms with Gasteiger partial charge in [-0.15, -0.1) is 11.8 Å². The van der Waals surface area contributed by atoms with E-state index in [4.69, 9.17) is 4.74 Å². The summed E-state index contributed by atoms with van der Waals surface area (Å²) >= 11 is 1.43. The molecule has 2 atom stereocenters. The summed E-state index contributed by atoms with van der Waals surface area (Å²) in [6.07, 6.45) is 0.491. The molecule has 1 aliphatic rings. The third-order valence-corrected chi connectivity index (χ3v) is 4.43. The highest BCUT2D eigenvalue weighted by molar-refractivity contribution is 8.00. The summed E-state index contributed by atoms with van der Waals surface area (Å²) in [5, 5.41) is -0.322. The quantitative estimate of drug-likeness (QED) is 0.795. The molecule has 0 unspecified atom stereocenters. The van der Waals surface area contributed by atoms with Crippen LogP contribution in [0.25, 0.3) is 0 Å². The molecule has 1 heterocycles. The topological polar surface area (TPSA) is 63.7 Å². The molecule has 0 aromatic heterocycles. The summed E-state index contributed by atoms with van der Waals surface area (Å²) in [7, 11) is 0. The molecule has 1 fully saturated rings. The molecule has 6 heteroatoms. The van der Waals surface area contributed by atoms with Gasteiger partial charge in [-0.3, -0.25) is 19.3 Å². The molecule has 0 bridgehead atoms. The minimum Gasteiger partial charge on any atom is -0.464 e. The maximum Gasteiger partial charge on any atom is 0.302 e. The number of hydrogen-bond donors (Lipinski definition) is 0. The molecule has 2 amide bonds. The number of thioether (sulfide) groups is 1. The summed E-state index contributed by atoms with van der Waals surface area (Å²) in [4.78, 5) is 37.1. The fourth-order valence-corrected chi connectivity index (χ4v) is 3.49. The average Bonchev–Trinajstić information content (AvgIpc) is 2.74. The summed E-state index contributed by atoms with van der Waals surface area (Å²) in [5.74, 6) is -0.938. The zero-order chi connectivity index (χ0) is 15.4. The number of carbonyl (C=O) groups excluding carboxylic acids is 3. The number of amides is 2. The molecule has 0 aliphatic carbocycles. The molecule has 0 spiro atoms. The number of ether oxygens (including phenoxy) is 1. The average molecular weight is 307 g/mol. The molecule has 0 saturated carbocycles. The second kappa shape index (κ2) is 6.76. The first kappa shape index (κ1) is 15.6. The highest BCUT2D eigenvalue weighted by Gasteiger charge is 2.42. The van der Waals surface area contributed by atoms with Crippen LogP contribution in [-0.4, -0.2) is 40.6 Å². The van der Waals surface area contributed by atoms with Gasteiger partial charge < -0.3 is 4.74 Å². The van der Waals surface area contributed by atoms with Gasteiger partial charge in [0.2, 0.25) is 11.8 Å². The smallest absolute Gasteiger partial charge is 0.302 e. The first-order valence-corrected chi connectivity index (χ1v) is 7.55. The zero-order valence-corrected chi connectivity index (χ0v) is 12.8.